The van der Waals surface area contributed by atoms with Gasteiger partial charge in [0, 0.05) is 25.3 Å². The Balaban J connectivity index is 1.68. The average Bonchev–Trinajstić information content (AvgIpc) is 2.92. The lowest BCUT2D eigenvalue weighted by Crippen LogP contribution is -2.35. The highest BCUT2D eigenvalue weighted by Crippen LogP contribution is 2.38. The van der Waals surface area contributed by atoms with Gasteiger partial charge >= 0.3 is 0 Å². The van der Waals surface area contributed by atoms with Gasteiger partial charge < -0.3 is 10.2 Å². The van der Waals surface area contributed by atoms with Gasteiger partial charge in [0.15, 0.2) is 0 Å². The summed E-state index contributed by atoms with van der Waals surface area (Å²) in [7, 11) is 0. The molecule has 2 unspecified atom stereocenters. The maximum Gasteiger partial charge on any atom is 0.129 e. The molecule has 0 amide bonds. The summed E-state index contributed by atoms with van der Waals surface area (Å²) in [5, 5.41) is 3.48. The molecular formula is C17H27N3. The minimum atomic E-state index is 0.759. The van der Waals surface area contributed by atoms with Crippen molar-refractivity contribution < 1.29 is 0 Å². The normalized spacial score (nSPS) is 25.8. The van der Waals surface area contributed by atoms with Gasteiger partial charge in [-0.05, 0) is 55.8 Å². The monoisotopic (exact) mass is 273 g/mol. The summed E-state index contributed by atoms with van der Waals surface area (Å²) in [6.07, 6.45) is 10.2. The van der Waals surface area contributed by atoms with Crippen molar-refractivity contribution >= 4 is 5.82 Å². The summed E-state index contributed by atoms with van der Waals surface area (Å²) in [6.45, 7) is 5.46. The Hall–Kier alpha value is -1.09. The lowest BCUT2D eigenvalue weighted by atomic mass is 9.85. The predicted octanol–water partition coefficient (Wildman–Crippen LogP) is 3.35. The zero-order valence-electron chi connectivity index (χ0n) is 12.6. The number of nitrogens with zero attached hydrogens (tertiary/aromatic N) is 2. The van der Waals surface area contributed by atoms with Crippen LogP contribution >= 0.6 is 0 Å². The van der Waals surface area contributed by atoms with Crippen molar-refractivity contribution in [3.8, 4) is 0 Å². The van der Waals surface area contributed by atoms with Crippen LogP contribution in [0.25, 0.3) is 0 Å². The molecule has 1 aliphatic carbocycles. The zero-order valence-corrected chi connectivity index (χ0v) is 12.6. The van der Waals surface area contributed by atoms with Gasteiger partial charge in [-0.1, -0.05) is 19.8 Å². The Kier molecular flexibility index (Phi) is 4.56. The van der Waals surface area contributed by atoms with Crippen molar-refractivity contribution in [1.29, 1.82) is 0 Å². The zero-order chi connectivity index (χ0) is 13.8. The van der Waals surface area contributed by atoms with E-state index in [4.69, 9.17) is 0 Å². The summed E-state index contributed by atoms with van der Waals surface area (Å²) in [5.74, 6) is 2.13. The molecule has 0 aromatic carbocycles. The second-order valence-corrected chi connectivity index (χ2v) is 6.29. The minimum absolute atomic E-state index is 0.759. The molecule has 0 bridgehead atoms. The van der Waals surface area contributed by atoms with Crippen molar-refractivity contribution in [2.45, 2.75) is 58.0 Å². The second kappa shape index (κ2) is 6.57. The standard InChI is InChI=1S/C17H27N3/c1-2-9-18-13-14-7-10-19-17(12-14)20-11-8-15-5-3-4-6-16(15)20/h7,10,12,15-16,18H,2-6,8-9,11,13H2,1H3. The molecule has 110 valence electrons. The van der Waals surface area contributed by atoms with Gasteiger partial charge in [-0.25, -0.2) is 4.98 Å². The molecule has 2 heterocycles. The fraction of sp³-hybridized carbons (Fsp3) is 0.706. The first-order valence-corrected chi connectivity index (χ1v) is 8.31. The fourth-order valence-electron chi connectivity index (χ4n) is 3.83. The molecule has 3 heteroatoms. The number of anilines is 1. The number of hydrogen-bond donors (Lipinski definition) is 1. The Morgan fingerprint density at radius 2 is 2.20 bits per heavy atom. The molecule has 2 atom stereocenters. The maximum absolute atomic E-state index is 4.64. The third-order valence-corrected chi connectivity index (χ3v) is 4.87. The van der Waals surface area contributed by atoms with Crippen LogP contribution in [0.5, 0.6) is 0 Å². The van der Waals surface area contributed by atoms with E-state index in [0.29, 0.717) is 0 Å². The van der Waals surface area contributed by atoms with E-state index in [-0.39, 0.29) is 0 Å². The van der Waals surface area contributed by atoms with Crippen LogP contribution in [-0.4, -0.2) is 24.1 Å². The van der Waals surface area contributed by atoms with Crippen molar-refractivity contribution in [2.24, 2.45) is 5.92 Å². The van der Waals surface area contributed by atoms with Gasteiger partial charge in [-0.3, -0.25) is 0 Å². The van der Waals surface area contributed by atoms with Crippen LogP contribution in [0.2, 0.25) is 0 Å². The molecular weight excluding hydrogens is 246 g/mol. The first-order chi connectivity index (χ1) is 9.88. The molecule has 1 saturated carbocycles. The van der Waals surface area contributed by atoms with Gasteiger partial charge in [0.25, 0.3) is 0 Å². The van der Waals surface area contributed by atoms with Crippen molar-refractivity contribution in [3.05, 3.63) is 23.9 Å². The van der Waals surface area contributed by atoms with Crippen molar-refractivity contribution in [2.75, 3.05) is 18.0 Å². The minimum Gasteiger partial charge on any atom is -0.353 e. The number of pyridine rings is 1. The van der Waals surface area contributed by atoms with Gasteiger partial charge in [0.05, 0.1) is 0 Å². The average molecular weight is 273 g/mol. The molecule has 1 aliphatic heterocycles. The quantitative estimate of drug-likeness (QED) is 0.834. The van der Waals surface area contributed by atoms with E-state index < -0.39 is 0 Å². The highest BCUT2D eigenvalue weighted by Gasteiger charge is 2.36. The Bertz CT molecular complexity index is 432. The number of rotatable bonds is 5. The highest BCUT2D eigenvalue weighted by atomic mass is 15.2. The molecule has 1 aromatic heterocycles. The van der Waals surface area contributed by atoms with Crippen LogP contribution < -0.4 is 10.2 Å². The molecule has 1 aromatic rings. The summed E-state index contributed by atoms with van der Waals surface area (Å²) < 4.78 is 0. The van der Waals surface area contributed by atoms with Crippen LogP contribution in [-0.2, 0) is 6.54 Å². The van der Waals surface area contributed by atoms with E-state index in [9.17, 15) is 0 Å². The third-order valence-electron chi connectivity index (χ3n) is 4.87. The predicted molar refractivity (Wildman–Crippen MR) is 83.9 cm³/mol. The number of nitrogens with one attached hydrogen (secondary N) is 1. The van der Waals surface area contributed by atoms with E-state index in [1.54, 1.807) is 0 Å². The lowest BCUT2D eigenvalue weighted by Gasteiger charge is -2.32. The molecule has 3 rings (SSSR count). The fourth-order valence-corrected chi connectivity index (χ4v) is 3.83. The maximum atomic E-state index is 4.64. The van der Waals surface area contributed by atoms with Crippen molar-refractivity contribution in [3.63, 3.8) is 0 Å². The van der Waals surface area contributed by atoms with Crippen LogP contribution in [0.3, 0.4) is 0 Å². The Morgan fingerprint density at radius 1 is 1.30 bits per heavy atom. The van der Waals surface area contributed by atoms with Crippen LogP contribution in [0.4, 0.5) is 5.82 Å². The summed E-state index contributed by atoms with van der Waals surface area (Å²) in [5.41, 5.74) is 1.36. The molecule has 20 heavy (non-hydrogen) atoms. The third kappa shape index (κ3) is 2.98. The first-order valence-electron chi connectivity index (χ1n) is 8.31. The van der Waals surface area contributed by atoms with E-state index in [2.05, 4.69) is 34.3 Å². The Morgan fingerprint density at radius 3 is 3.10 bits per heavy atom. The van der Waals surface area contributed by atoms with E-state index in [1.807, 2.05) is 6.20 Å². The first kappa shape index (κ1) is 13.9. The van der Waals surface area contributed by atoms with Crippen LogP contribution in [0.15, 0.2) is 18.3 Å². The molecule has 0 radical (unpaired) electrons. The second-order valence-electron chi connectivity index (χ2n) is 6.29. The summed E-state index contributed by atoms with van der Waals surface area (Å²) in [4.78, 5) is 7.22. The van der Waals surface area contributed by atoms with Gasteiger partial charge in [0.2, 0.25) is 0 Å². The number of hydrogen-bond acceptors (Lipinski definition) is 3. The summed E-state index contributed by atoms with van der Waals surface area (Å²) in [6, 6.07) is 5.19. The number of fused-ring (bicyclic) bond motifs is 1. The molecule has 1 N–H and O–H groups in total. The van der Waals surface area contributed by atoms with Crippen molar-refractivity contribution in [1.82, 2.24) is 10.3 Å². The van der Waals surface area contributed by atoms with Gasteiger partial charge in [0.1, 0.15) is 5.82 Å². The molecule has 2 fully saturated rings. The number of aromatic nitrogens is 1. The molecule has 3 nitrogen and oxygen atoms in total. The molecule has 2 aliphatic rings. The SMILES string of the molecule is CCCNCc1ccnc(N2CCC3CCCCC32)c1. The van der Waals surface area contributed by atoms with Gasteiger partial charge in [-0.2, -0.15) is 0 Å². The van der Waals surface area contributed by atoms with E-state index >= 15 is 0 Å². The van der Waals surface area contributed by atoms with Crippen LogP contribution in [0, 0.1) is 5.92 Å². The molecule has 0 spiro atoms. The van der Waals surface area contributed by atoms with Crippen LogP contribution in [0.1, 0.15) is 51.0 Å². The Labute approximate surface area is 122 Å². The highest BCUT2D eigenvalue weighted by molar-refractivity contribution is 5.44. The smallest absolute Gasteiger partial charge is 0.129 e. The topological polar surface area (TPSA) is 28.2 Å². The largest absolute Gasteiger partial charge is 0.353 e. The van der Waals surface area contributed by atoms with E-state index in [0.717, 1.165) is 25.0 Å². The summed E-state index contributed by atoms with van der Waals surface area (Å²) >= 11 is 0. The lowest BCUT2D eigenvalue weighted by molar-refractivity contribution is 0.341. The van der Waals surface area contributed by atoms with E-state index in [1.165, 1.54) is 56.5 Å². The molecule has 1 saturated heterocycles. The van der Waals surface area contributed by atoms with Gasteiger partial charge in [-0.15, -0.1) is 0 Å².